The fourth-order valence-electron chi connectivity index (χ4n) is 3.50. The molecule has 3 atom stereocenters. The van der Waals surface area contributed by atoms with Gasteiger partial charge in [-0.1, -0.05) is 12.1 Å². The SMILES string of the molecule is C[C@H](O)c1cccc(NC(=O)c2nn3c(c2Br)N[C@@H](c2ccc(Br)o2)C[C@@H]3C(F)(F)F)c1. The molecule has 170 valence electrons. The molecule has 32 heavy (non-hydrogen) atoms. The summed E-state index contributed by atoms with van der Waals surface area (Å²) < 4.78 is 48.3. The number of furan rings is 1. The van der Waals surface area contributed by atoms with Crippen LogP contribution in [0.25, 0.3) is 0 Å². The first-order valence-electron chi connectivity index (χ1n) is 9.50. The van der Waals surface area contributed by atoms with Gasteiger partial charge in [0.2, 0.25) is 0 Å². The summed E-state index contributed by atoms with van der Waals surface area (Å²) in [5.74, 6) is -0.341. The number of anilines is 2. The van der Waals surface area contributed by atoms with E-state index in [0.717, 1.165) is 4.68 Å². The number of alkyl halides is 3. The van der Waals surface area contributed by atoms with Gasteiger partial charge in [-0.2, -0.15) is 18.3 Å². The average Bonchev–Trinajstić information content (AvgIpc) is 3.30. The van der Waals surface area contributed by atoms with Crippen molar-refractivity contribution in [2.75, 3.05) is 10.6 Å². The van der Waals surface area contributed by atoms with Gasteiger partial charge >= 0.3 is 6.18 Å². The molecule has 1 aliphatic heterocycles. The van der Waals surface area contributed by atoms with Gasteiger partial charge in [0.25, 0.3) is 5.91 Å². The summed E-state index contributed by atoms with van der Waals surface area (Å²) in [6.45, 7) is 1.58. The van der Waals surface area contributed by atoms with Crippen LogP contribution in [-0.2, 0) is 0 Å². The van der Waals surface area contributed by atoms with Crippen LogP contribution in [0.15, 0.2) is 50.0 Å². The summed E-state index contributed by atoms with van der Waals surface area (Å²) in [6, 6.07) is 6.98. The Bertz CT molecular complexity index is 1160. The molecule has 0 bridgehead atoms. The lowest BCUT2D eigenvalue weighted by atomic mass is 10.0. The topological polar surface area (TPSA) is 92.3 Å². The molecule has 1 amide bonds. The molecule has 12 heteroatoms. The predicted octanol–water partition coefficient (Wildman–Crippen LogP) is 5.97. The van der Waals surface area contributed by atoms with E-state index in [-0.39, 0.29) is 22.4 Å². The number of hydrogen-bond acceptors (Lipinski definition) is 5. The lowest BCUT2D eigenvalue weighted by Crippen LogP contribution is -2.35. The molecule has 0 spiro atoms. The number of carbonyl (C=O) groups is 1. The van der Waals surface area contributed by atoms with Gasteiger partial charge in [-0.3, -0.25) is 4.79 Å². The summed E-state index contributed by atoms with van der Waals surface area (Å²) in [5, 5.41) is 19.3. The zero-order chi connectivity index (χ0) is 23.2. The molecule has 0 saturated carbocycles. The Morgan fingerprint density at radius 1 is 1.34 bits per heavy atom. The maximum atomic E-state index is 13.9. The van der Waals surface area contributed by atoms with E-state index in [1.165, 1.54) is 0 Å². The Morgan fingerprint density at radius 2 is 2.09 bits per heavy atom. The third-order valence-corrected chi connectivity index (χ3v) is 6.25. The predicted molar refractivity (Wildman–Crippen MR) is 117 cm³/mol. The summed E-state index contributed by atoms with van der Waals surface area (Å²) in [6.07, 6.45) is -5.69. The van der Waals surface area contributed by atoms with Crippen molar-refractivity contribution >= 4 is 49.3 Å². The van der Waals surface area contributed by atoms with Crippen LogP contribution in [0.2, 0.25) is 0 Å². The first-order chi connectivity index (χ1) is 15.0. The number of nitrogens with zero attached hydrogens (tertiary/aromatic N) is 2. The van der Waals surface area contributed by atoms with Crippen molar-refractivity contribution in [3.63, 3.8) is 0 Å². The van der Waals surface area contributed by atoms with Crippen LogP contribution >= 0.6 is 31.9 Å². The van der Waals surface area contributed by atoms with E-state index in [4.69, 9.17) is 4.42 Å². The van der Waals surface area contributed by atoms with Gasteiger partial charge in [0.15, 0.2) is 16.4 Å². The molecular formula is C20H17Br2F3N4O3. The van der Waals surface area contributed by atoms with Crippen molar-refractivity contribution in [2.24, 2.45) is 0 Å². The Morgan fingerprint density at radius 3 is 2.72 bits per heavy atom. The van der Waals surface area contributed by atoms with E-state index < -0.39 is 30.3 Å². The highest BCUT2D eigenvalue weighted by molar-refractivity contribution is 9.10. The maximum Gasteiger partial charge on any atom is 0.410 e. The number of fused-ring (bicyclic) bond motifs is 1. The number of nitrogens with one attached hydrogen (secondary N) is 2. The van der Waals surface area contributed by atoms with E-state index in [1.54, 1.807) is 43.3 Å². The van der Waals surface area contributed by atoms with E-state index in [9.17, 15) is 23.1 Å². The minimum Gasteiger partial charge on any atom is -0.452 e. The Kier molecular flexibility index (Phi) is 6.12. The van der Waals surface area contributed by atoms with Gasteiger partial charge in [0, 0.05) is 12.1 Å². The van der Waals surface area contributed by atoms with Gasteiger partial charge in [-0.15, -0.1) is 0 Å². The van der Waals surface area contributed by atoms with Crippen molar-refractivity contribution in [3.05, 3.63) is 62.6 Å². The summed E-state index contributed by atoms with van der Waals surface area (Å²) in [5.41, 5.74) is 0.757. The molecule has 3 heterocycles. The fraction of sp³-hybridized carbons (Fsp3) is 0.300. The molecule has 0 radical (unpaired) electrons. The standard InChI is InChI=1S/C20H17Br2F3N4O3/c1-9(30)10-3-2-4-11(7-10)26-19(31)17-16(22)18-27-12(13-5-6-15(21)32-13)8-14(20(23,24)25)29(18)28-17/h2-7,9,12,14,27,30H,8H2,1H3,(H,26,31)/t9-,12+,14+/m0/s1. The van der Waals surface area contributed by atoms with E-state index >= 15 is 0 Å². The highest BCUT2D eigenvalue weighted by atomic mass is 79.9. The normalized spacial score (nSPS) is 19.2. The summed E-state index contributed by atoms with van der Waals surface area (Å²) in [7, 11) is 0. The second-order valence-electron chi connectivity index (χ2n) is 7.34. The first-order valence-corrected chi connectivity index (χ1v) is 11.1. The quantitative estimate of drug-likeness (QED) is 0.355. The van der Waals surface area contributed by atoms with E-state index in [1.807, 2.05) is 0 Å². The molecule has 2 aromatic heterocycles. The number of amides is 1. The highest BCUT2D eigenvalue weighted by Crippen LogP contribution is 2.46. The molecule has 1 aliphatic rings. The molecule has 3 N–H and O–H groups in total. The molecule has 3 aromatic rings. The number of carbonyl (C=O) groups excluding carboxylic acids is 1. The molecule has 0 unspecified atom stereocenters. The second-order valence-corrected chi connectivity index (χ2v) is 8.92. The van der Waals surface area contributed by atoms with Crippen molar-refractivity contribution in [1.82, 2.24) is 9.78 Å². The number of halogens is 5. The Balaban J connectivity index is 1.67. The number of benzene rings is 1. The van der Waals surface area contributed by atoms with E-state index in [0.29, 0.717) is 21.7 Å². The zero-order valence-corrected chi connectivity index (χ0v) is 19.6. The van der Waals surface area contributed by atoms with Gasteiger partial charge < -0.3 is 20.2 Å². The molecule has 0 saturated heterocycles. The third-order valence-electron chi connectivity index (χ3n) is 5.08. The monoisotopic (exact) mass is 576 g/mol. The third kappa shape index (κ3) is 4.44. The number of hydrogen-bond donors (Lipinski definition) is 3. The molecular weight excluding hydrogens is 561 g/mol. The van der Waals surface area contributed by atoms with Crippen LogP contribution < -0.4 is 10.6 Å². The van der Waals surface area contributed by atoms with Crippen LogP contribution in [0.1, 0.15) is 53.3 Å². The molecule has 7 nitrogen and oxygen atoms in total. The van der Waals surface area contributed by atoms with Crippen molar-refractivity contribution < 1.29 is 27.5 Å². The number of aliphatic hydroxyl groups excluding tert-OH is 1. The fourth-order valence-corrected chi connectivity index (χ4v) is 4.38. The van der Waals surface area contributed by atoms with Crippen LogP contribution in [0.4, 0.5) is 24.7 Å². The van der Waals surface area contributed by atoms with Crippen LogP contribution in [0.3, 0.4) is 0 Å². The van der Waals surface area contributed by atoms with Gasteiger partial charge in [-0.05, 0) is 68.6 Å². The number of rotatable bonds is 4. The lowest BCUT2D eigenvalue weighted by Gasteiger charge is -2.32. The van der Waals surface area contributed by atoms with Crippen molar-refractivity contribution in [1.29, 1.82) is 0 Å². The highest BCUT2D eigenvalue weighted by Gasteiger charge is 2.48. The molecule has 0 fully saturated rings. The van der Waals surface area contributed by atoms with Crippen molar-refractivity contribution in [2.45, 2.75) is 37.7 Å². The number of aliphatic hydroxyl groups is 1. The van der Waals surface area contributed by atoms with Crippen molar-refractivity contribution in [3.8, 4) is 0 Å². The summed E-state index contributed by atoms with van der Waals surface area (Å²) >= 11 is 6.39. The van der Waals surface area contributed by atoms with Crippen LogP contribution in [-0.4, -0.2) is 27.0 Å². The lowest BCUT2D eigenvalue weighted by molar-refractivity contribution is -0.174. The first kappa shape index (κ1) is 22.9. The van der Waals surface area contributed by atoms with E-state index in [2.05, 4.69) is 47.6 Å². The molecule has 0 aliphatic carbocycles. The minimum absolute atomic E-state index is 0.0268. The van der Waals surface area contributed by atoms with Crippen LogP contribution in [0, 0.1) is 0 Å². The zero-order valence-electron chi connectivity index (χ0n) is 16.5. The smallest absolute Gasteiger partial charge is 0.410 e. The second kappa shape index (κ2) is 8.56. The maximum absolute atomic E-state index is 13.9. The largest absolute Gasteiger partial charge is 0.452 e. The van der Waals surface area contributed by atoms with Gasteiger partial charge in [-0.25, -0.2) is 4.68 Å². The molecule has 4 rings (SSSR count). The van der Waals surface area contributed by atoms with Gasteiger partial charge in [0.05, 0.1) is 16.6 Å². The van der Waals surface area contributed by atoms with Gasteiger partial charge in [0.1, 0.15) is 11.6 Å². The Labute approximate surface area is 197 Å². The summed E-state index contributed by atoms with van der Waals surface area (Å²) in [4.78, 5) is 12.8. The minimum atomic E-state index is -4.59. The average molecular weight is 578 g/mol. The molecule has 1 aromatic carbocycles. The number of aromatic nitrogens is 2. The van der Waals surface area contributed by atoms with Crippen LogP contribution in [0.5, 0.6) is 0 Å². The Hall–Kier alpha value is -2.31.